The maximum absolute atomic E-state index is 13.6. The Morgan fingerprint density at radius 3 is 2.76 bits per heavy atom. The van der Waals surface area contributed by atoms with E-state index in [0.29, 0.717) is 29.1 Å². The molecule has 4 rings (SSSR count). The molecule has 0 unspecified atom stereocenters. The van der Waals surface area contributed by atoms with Crippen molar-refractivity contribution in [2.75, 3.05) is 18.1 Å². The van der Waals surface area contributed by atoms with E-state index < -0.39 is 5.97 Å². The van der Waals surface area contributed by atoms with Crippen LogP contribution in [-0.2, 0) is 11.2 Å². The Hall–Kier alpha value is -3.35. The number of aromatic amines is 1. The van der Waals surface area contributed by atoms with Crippen LogP contribution in [0.25, 0.3) is 0 Å². The molecule has 1 N–H and O–H groups in total. The third-order valence-corrected chi connectivity index (χ3v) is 5.41. The number of ether oxygens (including phenoxy) is 1. The average Bonchev–Trinajstić information content (AvgIpc) is 3.35. The number of nitrogens with one attached hydrogen (secondary N) is 1. The molecule has 0 bridgehead atoms. The van der Waals surface area contributed by atoms with E-state index in [1.807, 2.05) is 41.2 Å². The molecule has 1 amide bonds. The van der Waals surface area contributed by atoms with Gasteiger partial charge >= 0.3 is 5.97 Å². The summed E-state index contributed by atoms with van der Waals surface area (Å²) in [6.45, 7) is 6.12. The first-order valence-corrected chi connectivity index (χ1v) is 9.76. The molecule has 1 aliphatic heterocycles. The van der Waals surface area contributed by atoms with E-state index in [1.54, 1.807) is 31.9 Å². The summed E-state index contributed by atoms with van der Waals surface area (Å²) in [5, 5.41) is 4.37. The number of H-pyrrole nitrogens is 1. The quantitative estimate of drug-likeness (QED) is 0.690. The molecule has 3 heterocycles. The number of benzene rings is 1. The minimum Gasteiger partial charge on any atom is -0.462 e. The van der Waals surface area contributed by atoms with Crippen molar-refractivity contribution < 1.29 is 14.3 Å². The Morgan fingerprint density at radius 2 is 2.03 bits per heavy atom. The molecule has 0 aliphatic carbocycles. The molecule has 1 aliphatic rings. The summed E-state index contributed by atoms with van der Waals surface area (Å²) >= 11 is 0. The predicted octanol–water partition coefficient (Wildman–Crippen LogP) is 3.45. The first kappa shape index (κ1) is 19.0. The van der Waals surface area contributed by atoms with Crippen molar-refractivity contribution in [2.24, 2.45) is 0 Å². The second-order valence-corrected chi connectivity index (χ2v) is 7.23. The first-order valence-electron chi connectivity index (χ1n) is 9.76. The van der Waals surface area contributed by atoms with E-state index in [9.17, 15) is 9.59 Å². The SMILES string of the molecule is CCOC(=O)c1c(C)[nH]c(C(=O)N2C[C@H](n3cccn3)Cc3ccccc32)c1C. The molecule has 0 saturated heterocycles. The average molecular weight is 392 g/mol. The van der Waals surface area contributed by atoms with Crippen LogP contribution in [0.2, 0.25) is 0 Å². The second-order valence-electron chi connectivity index (χ2n) is 7.23. The van der Waals surface area contributed by atoms with Crippen molar-refractivity contribution in [1.82, 2.24) is 14.8 Å². The normalized spacial score (nSPS) is 15.8. The van der Waals surface area contributed by atoms with E-state index in [4.69, 9.17) is 4.74 Å². The van der Waals surface area contributed by atoms with Crippen LogP contribution in [0.1, 0.15) is 50.6 Å². The first-order chi connectivity index (χ1) is 14.0. The summed E-state index contributed by atoms with van der Waals surface area (Å²) in [5.74, 6) is -0.572. The Morgan fingerprint density at radius 1 is 1.24 bits per heavy atom. The van der Waals surface area contributed by atoms with E-state index >= 15 is 0 Å². The van der Waals surface area contributed by atoms with Gasteiger partial charge in [-0.25, -0.2) is 4.79 Å². The van der Waals surface area contributed by atoms with E-state index in [1.165, 1.54) is 0 Å². The third kappa shape index (κ3) is 3.33. The number of anilines is 1. The summed E-state index contributed by atoms with van der Waals surface area (Å²) in [4.78, 5) is 30.8. The molecule has 1 aromatic carbocycles. The van der Waals surface area contributed by atoms with Gasteiger partial charge in [0.2, 0.25) is 0 Å². The molecule has 0 radical (unpaired) electrons. The number of hydrogen-bond acceptors (Lipinski definition) is 4. The van der Waals surface area contributed by atoms with Crippen molar-refractivity contribution in [2.45, 2.75) is 33.2 Å². The van der Waals surface area contributed by atoms with Crippen LogP contribution in [0, 0.1) is 13.8 Å². The molecule has 0 spiro atoms. The zero-order chi connectivity index (χ0) is 20.5. The fourth-order valence-corrected chi connectivity index (χ4v) is 4.05. The zero-order valence-electron chi connectivity index (χ0n) is 16.8. The maximum Gasteiger partial charge on any atom is 0.340 e. The van der Waals surface area contributed by atoms with Crippen LogP contribution in [0.3, 0.4) is 0 Å². The van der Waals surface area contributed by atoms with Gasteiger partial charge in [-0.05, 0) is 50.5 Å². The lowest BCUT2D eigenvalue weighted by Crippen LogP contribution is -2.41. The Bertz CT molecular complexity index is 1050. The second kappa shape index (κ2) is 7.58. The van der Waals surface area contributed by atoms with Gasteiger partial charge in [-0.15, -0.1) is 0 Å². The Kier molecular flexibility index (Phi) is 4.96. The lowest BCUT2D eigenvalue weighted by atomic mass is 9.97. The Balaban J connectivity index is 1.73. The largest absolute Gasteiger partial charge is 0.462 e. The molecule has 7 heteroatoms. The number of carbonyl (C=O) groups is 2. The van der Waals surface area contributed by atoms with Crippen molar-refractivity contribution in [3.05, 3.63) is 70.8 Å². The number of amides is 1. The highest BCUT2D eigenvalue weighted by Crippen LogP contribution is 2.33. The van der Waals surface area contributed by atoms with E-state index in [2.05, 4.69) is 10.1 Å². The van der Waals surface area contributed by atoms with Gasteiger partial charge in [0.1, 0.15) is 5.69 Å². The topological polar surface area (TPSA) is 80.2 Å². The van der Waals surface area contributed by atoms with Crippen molar-refractivity contribution in [3.63, 3.8) is 0 Å². The van der Waals surface area contributed by atoms with Gasteiger partial charge in [0.15, 0.2) is 0 Å². The molecule has 0 fully saturated rings. The molecule has 150 valence electrons. The highest BCUT2D eigenvalue weighted by Gasteiger charge is 2.33. The number of aromatic nitrogens is 3. The maximum atomic E-state index is 13.6. The van der Waals surface area contributed by atoms with Crippen molar-refractivity contribution >= 4 is 17.6 Å². The molecule has 1 atom stereocenters. The summed E-state index contributed by atoms with van der Waals surface area (Å²) in [7, 11) is 0. The minimum atomic E-state index is -0.411. The van der Waals surface area contributed by atoms with Crippen LogP contribution >= 0.6 is 0 Å². The number of carbonyl (C=O) groups excluding carboxylic acids is 2. The number of nitrogens with zero attached hydrogens (tertiary/aromatic N) is 3. The number of aryl methyl sites for hydroxylation is 1. The number of para-hydroxylation sites is 1. The third-order valence-electron chi connectivity index (χ3n) is 5.41. The summed E-state index contributed by atoms with van der Waals surface area (Å²) in [6.07, 6.45) is 4.47. The molecule has 0 saturated carbocycles. The molecule has 7 nitrogen and oxygen atoms in total. The van der Waals surface area contributed by atoms with Gasteiger partial charge < -0.3 is 14.6 Å². The monoisotopic (exact) mass is 392 g/mol. The molecule has 2 aromatic heterocycles. The van der Waals surface area contributed by atoms with Gasteiger partial charge in [-0.3, -0.25) is 9.48 Å². The minimum absolute atomic E-state index is 0.0461. The predicted molar refractivity (Wildman–Crippen MR) is 109 cm³/mol. The lowest BCUT2D eigenvalue weighted by molar-refractivity contribution is 0.0525. The molecule has 29 heavy (non-hydrogen) atoms. The molecular weight excluding hydrogens is 368 g/mol. The van der Waals surface area contributed by atoms with Gasteiger partial charge in [0.25, 0.3) is 5.91 Å². The van der Waals surface area contributed by atoms with Crippen molar-refractivity contribution in [3.8, 4) is 0 Å². The highest BCUT2D eigenvalue weighted by molar-refractivity contribution is 6.08. The van der Waals surface area contributed by atoms with Gasteiger partial charge in [0.05, 0.1) is 18.2 Å². The highest BCUT2D eigenvalue weighted by atomic mass is 16.5. The van der Waals surface area contributed by atoms with Gasteiger partial charge in [0, 0.05) is 30.3 Å². The van der Waals surface area contributed by atoms with Crippen molar-refractivity contribution in [1.29, 1.82) is 0 Å². The standard InChI is InChI=1S/C22H24N4O3/c1-4-29-22(28)19-14(2)20(24-15(19)3)21(27)25-13-17(26-11-7-10-23-26)12-16-8-5-6-9-18(16)25/h5-11,17,24H,4,12-13H2,1-3H3/t17-/m1/s1. The smallest absolute Gasteiger partial charge is 0.340 e. The van der Waals surface area contributed by atoms with Crippen LogP contribution in [0.4, 0.5) is 5.69 Å². The van der Waals surface area contributed by atoms with Gasteiger partial charge in [-0.1, -0.05) is 18.2 Å². The fraction of sp³-hybridized carbons (Fsp3) is 0.318. The summed E-state index contributed by atoms with van der Waals surface area (Å²) in [6, 6.07) is 9.85. The van der Waals surface area contributed by atoms with Crippen LogP contribution in [0.15, 0.2) is 42.7 Å². The number of fused-ring (bicyclic) bond motifs is 1. The number of rotatable bonds is 4. The van der Waals surface area contributed by atoms with Gasteiger partial charge in [-0.2, -0.15) is 5.10 Å². The van der Waals surface area contributed by atoms with E-state index in [0.717, 1.165) is 17.7 Å². The Labute approximate surface area is 169 Å². The van der Waals surface area contributed by atoms with E-state index in [-0.39, 0.29) is 18.6 Å². The summed E-state index contributed by atoms with van der Waals surface area (Å²) in [5.41, 5.74) is 4.10. The molecule has 3 aromatic rings. The molecular formula is C22H24N4O3. The van der Waals surface area contributed by atoms with Crippen LogP contribution in [-0.4, -0.2) is 39.8 Å². The number of esters is 1. The summed E-state index contributed by atoms with van der Waals surface area (Å²) < 4.78 is 7.05. The number of hydrogen-bond donors (Lipinski definition) is 1. The lowest BCUT2D eigenvalue weighted by Gasteiger charge is -2.34. The van der Waals surface area contributed by atoms with Crippen LogP contribution < -0.4 is 4.90 Å². The van der Waals surface area contributed by atoms with Crippen LogP contribution in [0.5, 0.6) is 0 Å². The fourth-order valence-electron chi connectivity index (χ4n) is 4.05. The zero-order valence-corrected chi connectivity index (χ0v) is 16.8.